The number of pyridine rings is 2. The molecule has 0 fully saturated rings. The molecule has 2 heterocycles. The standard InChI is InChI=1S/C58H34N2/c1-2-14-43-42(13-1)45-19-7-10-36-25-26-37-11-8-20-46(56(37)55(36)45)44-31-29-41(34-51(43)44)54-49-17-5-3-15-47(49)53(48-16-4-6-18-50(48)54)38-23-21-35(22-24-38)52-32-30-40-28-27-39-12-9-33-59-57(39)58(40)60-52/h1-34H. The molecule has 13 aromatic rings. The van der Waals surface area contributed by atoms with Crippen LogP contribution in [0.1, 0.15) is 0 Å². The van der Waals surface area contributed by atoms with Crippen molar-refractivity contribution in [2.75, 3.05) is 0 Å². The van der Waals surface area contributed by atoms with Crippen molar-refractivity contribution in [2.24, 2.45) is 0 Å². The van der Waals surface area contributed by atoms with E-state index in [0.717, 1.165) is 33.1 Å². The van der Waals surface area contributed by atoms with Crippen LogP contribution in [0.5, 0.6) is 0 Å². The van der Waals surface area contributed by atoms with Gasteiger partial charge in [-0.1, -0.05) is 182 Å². The molecule has 276 valence electrons. The first-order chi connectivity index (χ1) is 29.8. The summed E-state index contributed by atoms with van der Waals surface area (Å²) in [5.74, 6) is 0. The zero-order chi connectivity index (χ0) is 39.3. The van der Waals surface area contributed by atoms with Crippen molar-refractivity contribution < 1.29 is 0 Å². The lowest BCUT2D eigenvalue weighted by Crippen LogP contribution is -1.92. The largest absolute Gasteiger partial charge is 0.254 e. The first-order valence-electron chi connectivity index (χ1n) is 20.6. The van der Waals surface area contributed by atoms with E-state index in [2.05, 4.69) is 199 Å². The van der Waals surface area contributed by atoms with Crippen molar-refractivity contribution in [3.63, 3.8) is 0 Å². The van der Waals surface area contributed by atoms with Crippen molar-refractivity contribution in [1.82, 2.24) is 9.97 Å². The molecule has 0 spiro atoms. The second-order valence-corrected chi connectivity index (χ2v) is 16.0. The molecule has 0 saturated carbocycles. The van der Waals surface area contributed by atoms with Gasteiger partial charge in [-0.25, -0.2) is 4.98 Å². The minimum atomic E-state index is 0.929. The minimum Gasteiger partial charge on any atom is -0.254 e. The van der Waals surface area contributed by atoms with Gasteiger partial charge in [0.15, 0.2) is 0 Å². The highest BCUT2D eigenvalue weighted by atomic mass is 14.7. The summed E-state index contributed by atoms with van der Waals surface area (Å²) in [6.07, 6.45) is 1.84. The lowest BCUT2D eigenvalue weighted by molar-refractivity contribution is 1.37. The van der Waals surface area contributed by atoms with Gasteiger partial charge in [-0.05, 0) is 116 Å². The van der Waals surface area contributed by atoms with Gasteiger partial charge in [0.25, 0.3) is 0 Å². The van der Waals surface area contributed by atoms with Gasteiger partial charge in [0.05, 0.1) is 16.7 Å². The van der Waals surface area contributed by atoms with E-state index in [0.29, 0.717) is 0 Å². The van der Waals surface area contributed by atoms with Crippen LogP contribution in [0.4, 0.5) is 0 Å². The summed E-state index contributed by atoms with van der Waals surface area (Å²) in [6.45, 7) is 0. The van der Waals surface area contributed by atoms with Gasteiger partial charge in [-0.15, -0.1) is 0 Å². The summed E-state index contributed by atoms with van der Waals surface area (Å²) in [7, 11) is 0. The van der Waals surface area contributed by atoms with Crippen molar-refractivity contribution in [3.05, 3.63) is 206 Å². The van der Waals surface area contributed by atoms with Crippen LogP contribution in [0.2, 0.25) is 0 Å². The van der Waals surface area contributed by atoms with Crippen molar-refractivity contribution in [3.8, 4) is 33.5 Å². The minimum absolute atomic E-state index is 0.929. The summed E-state index contributed by atoms with van der Waals surface area (Å²) < 4.78 is 0. The number of hydrogen-bond donors (Lipinski definition) is 0. The quantitative estimate of drug-likeness (QED) is 0.132. The maximum atomic E-state index is 5.15. The summed E-state index contributed by atoms with van der Waals surface area (Å²) in [6, 6.07) is 73.7. The molecule has 0 radical (unpaired) electrons. The van der Waals surface area contributed by atoms with Gasteiger partial charge in [0, 0.05) is 22.5 Å². The topological polar surface area (TPSA) is 25.8 Å². The van der Waals surface area contributed by atoms with E-state index in [9.17, 15) is 0 Å². The smallest absolute Gasteiger partial charge is 0.0972 e. The number of benzene rings is 10. The van der Waals surface area contributed by atoms with Crippen molar-refractivity contribution >= 4 is 97.2 Å². The Labute approximate surface area is 345 Å². The van der Waals surface area contributed by atoms with E-state index in [-0.39, 0.29) is 0 Å². The molecule has 0 bridgehead atoms. The Hall–Kier alpha value is -7.94. The van der Waals surface area contributed by atoms with Crippen molar-refractivity contribution in [1.29, 1.82) is 0 Å². The van der Waals surface area contributed by atoms with Gasteiger partial charge in [0.1, 0.15) is 0 Å². The second-order valence-electron chi connectivity index (χ2n) is 16.0. The van der Waals surface area contributed by atoms with Crippen LogP contribution >= 0.6 is 0 Å². The second kappa shape index (κ2) is 12.8. The van der Waals surface area contributed by atoms with E-state index in [1.807, 2.05) is 12.3 Å². The lowest BCUT2D eigenvalue weighted by atomic mass is 9.84. The Morgan fingerprint density at radius 3 is 1.35 bits per heavy atom. The third kappa shape index (κ3) is 4.82. The average Bonchev–Trinajstić information content (AvgIpc) is 3.32. The summed E-state index contributed by atoms with van der Waals surface area (Å²) in [5, 5.41) is 19.9. The van der Waals surface area contributed by atoms with Gasteiger partial charge in [-0.3, -0.25) is 4.98 Å². The van der Waals surface area contributed by atoms with Crippen LogP contribution in [0.3, 0.4) is 0 Å². The molecular formula is C58H34N2. The number of nitrogens with zero attached hydrogens (tertiary/aromatic N) is 2. The van der Waals surface area contributed by atoms with Crippen LogP contribution in [-0.4, -0.2) is 9.97 Å². The number of rotatable bonds is 3. The fourth-order valence-electron chi connectivity index (χ4n) is 10.2. The zero-order valence-electron chi connectivity index (χ0n) is 32.5. The molecule has 0 N–H and O–H groups in total. The molecule has 0 aliphatic heterocycles. The Bertz CT molecular complexity index is 3880. The van der Waals surface area contributed by atoms with Crippen LogP contribution in [0, 0.1) is 0 Å². The molecule has 13 rings (SSSR count). The van der Waals surface area contributed by atoms with E-state index in [4.69, 9.17) is 4.98 Å². The average molecular weight is 759 g/mol. The van der Waals surface area contributed by atoms with Crippen LogP contribution in [0.25, 0.3) is 131 Å². The summed E-state index contributed by atoms with van der Waals surface area (Å²) in [4.78, 5) is 9.83. The maximum Gasteiger partial charge on any atom is 0.0972 e. The van der Waals surface area contributed by atoms with Crippen LogP contribution in [0.15, 0.2) is 206 Å². The van der Waals surface area contributed by atoms with E-state index >= 15 is 0 Å². The predicted molar refractivity (Wildman–Crippen MR) is 256 cm³/mol. The van der Waals surface area contributed by atoms with E-state index in [1.54, 1.807) is 0 Å². The van der Waals surface area contributed by atoms with Gasteiger partial charge < -0.3 is 0 Å². The van der Waals surface area contributed by atoms with Gasteiger partial charge in [0.2, 0.25) is 0 Å². The highest BCUT2D eigenvalue weighted by Gasteiger charge is 2.19. The molecule has 2 heteroatoms. The Morgan fingerprint density at radius 1 is 0.267 bits per heavy atom. The Kier molecular flexibility index (Phi) is 7.05. The third-order valence-electron chi connectivity index (χ3n) is 12.8. The Balaban J connectivity index is 1.04. The van der Waals surface area contributed by atoms with Gasteiger partial charge in [-0.2, -0.15) is 0 Å². The first-order valence-corrected chi connectivity index (χ1v) is 20.6. The molecule has 0 unspecified atom stereocenters. The number of fused-ring (bicyclic) bond motifs is 10. The Morgan fingerprint density at radius 2 is 0.717 bits per heavy atom. The summed E-state index contributed by atoms with van der Waals surface area (Å²) in [5.41, 5.74) is 8.76. The predicted octanol–water partition coefficient (Wildman–Crippen LogP) is 15.9. The highest BCUT2D eigenvalue weighted by molar-refractivity contribution is 6.33. The SMILES string of the molecule is c1cnc2c(c1)ccc1ccc(-c3ccc(-c4c5ccccc5c(-c5ccc6c(c5)c5ccccc5c5cccc7ccc8cccc6c8c75)c5ccccc45)cc3)nc12. The molecule has 0 atom stereocenters. The molecule has 0 aliphatic rings. The number of aromatic nitrogens is 2. The van der Waals surface area contributed by atoms with Crippen molar-refractivity contribution in [2.45, 2.75) is 0 Å². The molecule has 2 aromatic heterocycles. The fraction of sp³-hybridized carbons (Fsp3) is 0. The highest BCUT2D eigenvalue weighted by Crippen LogP contribution is 2.46. The molecule has 2 nitrogen and oxygen atoms in total. The molecule has 11 aromatic carbocycles. The number of hydrogen-bond acceptors (Lipinski definition) is 2. The molecule has 0 amide bonds. The maximum absolute atomic E-state index is 5.15. The van der Waals surface area contributed by atoms with E-state index in [1.165, 1.54) is 97.7 Å². The van der Waals surface area contributed by atoms with Crippen LogP contribution in [-0.2, 0) is 0 Å². The van der Waals surface area contributed by atoms with E-state index < -0.39 is 0 Å². The lowest BCUT2D eigenvalue weighted by Gasteiger charge is -2.19. The third-order valence-corrected chi connectivity index (χ3v) is 12.8. The monoisotopic (exact) mass is 758 g/mol. The normalized spacial score (nSPS) is 12.0. The van der Waals surface area contributed by atoms with Gasteiger partial charge >= 0.3 is 0 Å². The molecular weight excluding hydrogens is 725 g/mol. The molecule has 0 saturated heterocycles. The zero-order valence-corrected chi connectivity index (χ0v) is 32.5. The fourth-order valence-corrected chi connectivity index (χ4v) is 10.2. The van der Waals surface area contributed by atoms with Crippen LogP contribution < -0.4 is 0 Å². The summed E-state index contributed by atoms with van der Waals surface area (Å²) >= 11 is 0. The molecule has 60 heavy (non-hydrogen) atoms. The first kappa shape index (κ1) is 33.1. The molecule has 0 aliphatic carbocycles.